The average Bonchev–Trinajstić information content (AvgIpc) is 2.39. The highest BCUT2D eigenvalue weighted by Crippen LogP contribution is 2.28. The topological polar surface area (TPSA) is 49.3 Å². The molecule has 1 amide bonds. The molecule has 0 spiro atoms. The van der Waals surface area contributed by atoms with E-state index in [-0.39, 0.29) is 17.7 Å². The molecule has 0 radical (unpaired) electrons. The average molecular weight is 308 g/mol. The van der Waals surface area contributed by atoms with Crippen LogP contribution in [0, 0.1) is 0 Å². The number of halogens is 1. The summed E-state index contributed by atoms with van der Waals surface area (Å²) >= 11 is 3.30. The molecule has 2 N–H and O–H groups in total. The van der Waals surface area contributed by atoms with Crippen molar-refractivity contribution in [2.45, 2.75) is 13.0 Å². The lowest BCUT2D eigenvalue weighted by atomic mass is 10.0. The largest absolute Gasteiger partial charge is 0.506 e. The van der Waals surface area contributed by atoms with E-state index < -0.39 is 0 Å². The number of phenols is 1. The smallest absolute Gasteiger partial charge is 0.255 e. The minimum atomic E-state index is -0.259. The number of nitrogens with one attached hydrogen (secondary N) is 1. The van der Waals surface area contributed by atoms with Gasteiger partial charge >= 0.3 is 0 Å². The molecule has 1 atom stereocenters. The molecule has 0 aliphatic carbocycles. The van der Waals surface area contributed by atoms with E-state index >= 15 is 0 Å². The van der Waals surface area contributed by atoms with Gasteiger partial charge in [0, 0.05) is 16.8 Å². The van der Waals surface area contributed by atoms with Gasteiger partial charge in [-0.3, -0.25) is 4.79 Å². The summed E-state index contributed by atoms with van der Waals surface area (Å²) in [6.07, 6.45) is 0. The van der Waals surface area contributed by atoms with Gasteiger partial charge in [-0.2, -0.15) is 0 Å². The molecule has 0 bridgehead atoms. The van der Waals surface area contributed by atoms with Crippen LogP contribution in [0.5, 0.6) is 5.75 Å². The number of amides is 1. The second kappa shape index (κ2) is 5.40. The van der Waals surface area contributed by atoms with Crippen molar-refractivity contribution >= 4 is 32.6 Å². The van der Waals surface area contributed by atoms with Crippen LogP contribution in [0.15, 0.2) is 36.4 Å². The molecule has 0 saturated heterocycles. The van der Waals surface area contributed by atoms with Crippen LogP contribution in [0.1, 0.15) is 17.3 Å². The summed E-state index contributed by atoms with van der Waals surface area (Å²) < 4.78 is 0. The molecule has 3 nitrogen and oxygen atoms in total. The number of benzene rings is 2. The van der Waals surface area contributed by atoms with E-state index in [4.69, 9.17) is 0 Å². The Hall–Kier alpha value is -1.55. The van der Waals surface area contributed by atoms with Crippen molar-refractivity contribution in [2.24, 2.45) is 0 Å². The third kappa shape index (κ3) is 2.48. The molecule has 0 heterocycles. The van der Waals surface area contributed by atoms with Crippen molar-refractivity contribution < 1.29 is 9.90 Å². The molecule has 2 aromatic carbocycles. The van der Waals surface area contributed by atoms with Crippen molar-refractivity contribution in [2.75, 3.05) is 5.33 Å². The van der Waals surface area contributed by atoms with Gasteiger partial charge in [0.05, 0.1) is 5.56 Å². The summed E-state index contributed by atoms with van der Waals surface area (Å²) in [5.41, 5.74) is 0.307. The zero-order valence-electron chi connectivity index (χ0n) is 9.98. The molecule has 94 valence electrons. The van der Waals surface area contributed by atoms with Crippen molar-refractivity contribution in [1.29, 1.82) is 0 Å². The lowest BCUT2D eigenvalue weighted by Gasteiger charge is -2.12. The zero-order chi connectivity index (χ0) is 13.1. The van der Waals surface area contributed by atoms with Crippen LogP contribution < -0.4 is 5.32 Å². The standard InChI is InChI=1S/C14H14BrNO2/c1-9(8-15)16-14(18)12-7-6-10-4-2-3-5-11(10)13(12)17/h2-7,9,17H,8H2,1H3,(H,16,18). The van der Waals surface area contributed by atoms with Gasteiger partial charge in [-0.15, -0.1) is 0 Å². The summed E-state index contributed by atoms with van der Waals surface area (Å²) in [5.74, 6) is -0.224. The second-order valence-electron chi connectivity index (χ2n) is 4.21. The van der Waals surface area contributed by atoms with Gasteiger partial charge in [-0.05, 0) is 18.4 Å². The molecule has 0 aromatic heterocycles. The first kappa shape index (κ1) is 12.9. The SMILES string of the molecule is CC(CBr)NC(=O)c1ccc2ccccc2c1O. The Balaban J connectivity index is 2.40. The fraction of sp³-hybridized carbons (Fsp3) is 0.214. The molecule has 0 saturated carbocycles. The monoisotopic (exact) mass is 307 g/mol. The van der Waals surface area contributed by atoms with Crippen LogP contribution in [-0.2, 0) is 0 Å². The Labute approximate surface area is 114 Å². The molecule has 0 fully saturated rings. The molecular formula is C14H14BrNO2. The van der Waals surface area contributed by atoms with Crippen molar-refractivity contribution in [1.82, 2.24) is 5.32 Å². The molecule has 2 aromatic rings. The Kier molecular flexibility index (Phi) is 3.87. The van der Waals surface area contributed by atoms with Crippen LogP contribution in [0.25, 0.3) is 10.8 Å². The second-order valence-corrected chi connectivity index (χ2v) is 4.86. The zero-order valence-corrected chi connectivity index (χ0v) is 11.6. The van der Waals surface area contributed by atoms with Gasteiger partial charge in [0.2, 0.25) is 0 Å². The van der Waals surface area contributed by atoms with Crippen molar-refractivity contribution in [3.8, 4) is 5.75 Å². The Morgan fingerprint density at radius 3 is 2.78 bits per heavy atom. The molecule has 18 heavy (non-hydrogen) atoms. The van der Waals surface area contributed by atoms with Gasteiger partial charge in [-0.25, -0.2) is 0 Å². The first-order valence-electron chi connectivity index (χ1n) is 5.71. The maximum Gasteiger partial charge on any atom is 0.255 e. The number of phenolic OH excluding ortho intramolecular Hbond substituents is 1. The minimum Gasteiger partial charge on any atom is -0.506 e. The van der Waals surface area contributed by atoms with E-state index in [2.05, 4.69) is 21.2 Å². The van der Waals surface area contributed by atoms with Gasteiger partial charge < -0.3 is 10.4 Å². The molecule has 0 aliphatic rings. The minimum absolute atomic E-state index is 0.0170. The Morgan fingerprint density at radius 2 is 2.06 bits per heavy atom. The molecule has 1 unspecified atom stereocenters. The predicted molar refractivity (Wildman–Crippen MR) is 76.3 cm³/mol. The van der Waals surface area contributed by atoms with E-state index in [9.17, 15) is 9.90 Å². The Morgan fingerprint density at radius 1 is 1.33 bits per heavy atom. The van der Waals surface area contributed by atoms with Crippen LogP contribution in [-0.4, -0.2) is 22.4 Å². The number of alkyl halides is 1. The van der Waals surface area contributed by atoms with Crippen LogP contribution in [0.4, 0.5) is 0 Å². The van der Waals surface area contributed by atoms with E-state index in [0.29, 0.717) is 16.3 Å². The summed E-state index contributed by atoms with van der Waals surface area (Å²) in [6, 6.07) is 10.9. The highest BCUT2D eigenvalue weighted by atomic mass is 79.9. The summed E-state index contributed by atoms with van der Waals surface area (Å²) in [4.78, 5) is 12.0. The predicted octanol–water partition coefficient (Wildman–Crippen LogP) is 3.06. The van der Waals surface area contributed by atoms with Gasteiger partial charge in [-0.1, -0.05) is 46.3 Å². The molecule has 2 rings (SSSR count). The third-order valence-corrected chi connectivity index (χ3v) is 3.73. The first-order valence-corrected chi connectivity index (χ1v) is 6.83. The number of hydrogen-bond donors (Lipinski definition) is 2. The lowest BCUT2D eigenvalue weighted by molar-refractivity contribution is 0.0941. The van der Waals surface area contributed by atoms with Gasteiger partial charge in [0.1, 0.15) is 5.75 Å². The Bertz CT molecular complexity index is 583. The number of rotatable bonds is 3. The number of hydrogen-bond acceptors (Lipinski definition) is 2. The van der Waals surface area contributed by atoms with Crippen LogP contribution in [0.2, 0.25) is 0 Å². The number of aromatic hydroxyl groups is 1. The number of carbonyl (C=O) groups is 1. The fourth-order valence-corrected chi connectivity index (χ4v) is 1.94. The van der Waals surface area contributed by atoms with Crippen LogP contribution in [0.3, 0.4) is 0 Å². The first-order chi connectivity index (χ1) is 8.63. The molecule has 4 heteroatoms. The number of carbonyl (C=O) groups excluding carboxylic acids is 1. The highest BCUT2D eigenvalue weighted by molar-refractivity contribution is 9.09. The summed E-state index contributed by atoms with van der Waals surface area (Å²) in [6.45, 7) is 1.89. The van der Waals surface area contributed by atoms with E-state index in [1.807, 2.05) is 31.2 Å². The van der Waals surface area contributed by atoms with E-state index in [1.165, 1.54) is 0 Å². The van der Waals surface area contributed by atoms with Crippen molar-refractivity contribution in [3.05, 3.63) is 42.0 Å². The lowest BCUT2D eigenvalue weighted by Crippen LogP contribution is -2.33. The fourth-order valence-electron chi connectivity index (χ4n) is 1.78. The van der Waals surface area contributed by atoms with Crippen LogP contribution >= 0.6 is 15.9 Å². The van der Waals surface area contributed by atoms with E-state index in [0.717, 1.165) is 5.39 Å². The molecule has 0 aliphatic heterocycles. The summed E-state index contributed by atoms with van der Waals surface area (Å²) in [7, 11) is 0. The highest BCUT2D eigenvalue weighted by Gasteiger charge is 2.14. The van der Waals surface area contributed by atoms with Crippen molar-refractivity contribution in [3.63, 3.8) is 0 Å². The maximum atomic E-state index is 12.0. The van der Waals surface area contributed by atoms with E-state index in [1.54, 1.807) is 12.1 Å². The normalized spacial score (nSPS) is 12.3. The third-order valence-electron chi connectivity index (χ3n) is 2.75. The molecular weight excluding hydrogens is 294 g/mol. The van der Waals surface area contributed by atoms with Gasteiger partial charge in [0.25, 0.3) is 5.91 Å². The quantitative estimate of drug-likeness (QED) is 0.856. The van der Waals surface area contributed by atoms with Gasteiger partial charge in [0.15, 0.2) is 0 Å². The number of fused-ring (bicyclic) bond motifs is 1. The summed E-state index contributed by atoms with van der Waals surface area (Å²) in [5, 5.41) is 15.2. The maximum absolute atomic E-state index is 12.0.